The van der Waals surface area contributed by atoms with Crippen molar-refractivity contribution in [2.45, 2.75) is 25.7 Å². The highest BCUT2D eigenvalue weighted by molar-refractivity contribution is 7.17. The number of benzene rings is 1. The predicted octanol–water partition coefficient (Wildman–Crippen LogP) is 3.90. The molecule has 0 bridgehead atoms. The molecular formula is C20H17N3O2S. The van der Waals surface area contributed by atoms with Crippen LogP contribution in [0.1, 0.15) is 49.7 Å². The second-order valence-electron chi connectivity index (χ2n) is 6.15. The van der Waals surface area contributed by atoms with Gasteiger partial charge in [0.2, 0.25) is 0 Å². The molecule has 0 saturated carbocycles. The number of aromatic nitrogens is 2. The van der Waals surface area contributed by atoms with Gasteiger partial charge >= 0.3 is 0 Å². The van der Waals surface area contributed by atoms with Crippen LogP contribution in [0.15, 0.2) is 48.9 Å². The Morgan fingerprint density at radius 3 is 2.62 bits per heavy atom. The molecule has 1 aliphatic rings. The van der Waals surface area contributed by atoms with Crippen molar-refractivity contribution in [3.8, 4) is 0 Å². The third-order valence-electron chi connectivity index (χ3n) is 4.46. The third kappa shape index (κ3) is 3.15. The van der Waals surface area contributed by atoms with Gasteiger partial charge in [-0.3, -0.25) is 14.6 Å². The van der Waals surface area contributed by atoms with E-state index in [9.17, 15) is 9.59 Å². The molecule has 1 amide bonds. The first-order valence-corrected chi connectivity index (χ1v) is 9.37. The molecule has 0 unspecified atom stereocenters. The smallest absolute Gasteiger partial charge is 0.276 e. The number of fused-ring (bicyclic) bond motifs is 1. The number of amides is 1. The first-order chi connectivity index (χ1) is 12.7. The van der Waals surface area contributed by atoms with Crippen molar-refractivity contribution < 1.29 is 9.59 Å². The van der Waals surface area contributed by atoms with Gasteiger partial charge in [0.15, 0.2) is 5.78 Å². The molecule has 1 N–H and O–H groups in total. The lowest BCUT2D eigenvalue weighted by molar-refractivity contribution is 0.102. The summed E-state index contributed by atoms with van der Waals surface area (Å²) in [7, 11) is 0. The highest BCUT2D eigenvalue weighted by Crippen LogP contribution is 2.39. The van der Waals surface area contributed by atoms with Gasteiger partial charge in [-0.15, -0.1) is 11.3 Å². The first-order valence-electron chi connectivity index (χ1n) is 8.55. The van der Waals surface area contributed by atoms with E-state index in [4.69, 9.17) is 0 Å². The Kier molecular flexibility index (Phi) is 4.58. The normalized spacial score (nSPS) is 13.1. The number of thiophene rings is 1. The summed E-state index contributed by atoms with van der Waals surface area (Å²) in [5.74, 6) is -0.391. The van der Waals surface area contributed by atoms with Crippen molar-refractivity contribution in [2.24, 2.45) is 0 Å². The van der Waals surface area contributed by atoms with Crippen molar-refractivity contribution in [3.63, 3.8) is 0 Å². The predicted molar refractivity (Wildman–Crippen MR) is 101 cm³/mol. The van der Waals surface area contributed by atoms with Gasteiger partial charge < -0.3 is 5.32 Å². The Bertz CT molecular complexity index is 952. The number of anilines is 1. The summed E-state index contributed by atoms with van der Waals surface area (Å²) in [6.45, 7) is 0. The fourth-order valence-electron chi connectivity index (χ4n) is 3.21. The van der Waals surface area contributed by atoms with Gasteiger partial charge in [0.05, 0.1) is 11.8 Å². The molecule has 4 rings (SSSR count). The molecule has 0 aliphatic heterocycles. The molecule has 26 heavy (non-hydrogen) atoms. The van der Waals surface area contributed by atoms with Crippen LogP contribution >= 0.6 is 11.3 Å². The van der Waals surface area contributed by atoms with Crippen molar-refractivity contribution in [1.29, 1.82) is 0 Å². The number of aryl methyl sites for hydroxylation is 1. The molecular weight excluding hydrogens is 346 g/mol. The maximum absolute atomic E-state index is 13.1. The monoisotopic (exact) mass is 363 g/mol. The van der Waals surface area contributed by atoms with Crippen LogP contribution in [0.4, 0.5) is 5.00 Å². The summed E-state index contributed by atoms with van der Waals surface area (Å²) < 4.78 is 0. The average molecular weight is 363 g/mol. The van der Waals surface area contributed by atoms with Crippen LogP contribution in [-0.2, 0) is 12.8 Å². The van der Waals surface area contributed by atoms with Gasteiger partial charge in [-0.05, 0) is 31.2 Å². The summed E-state index contributed by atoms with van der Waals surface area (Å²) in [4.78, 5) is 34.8. The lowest BCUT2D eigenvalue weighted by Crippen LogP contribution is -2.16. The SMILES string of the molecule is O=C(Nc1sc2c(c1C(=O)c1ccccc1)CCCC2)c1cnccn1. The lowest BCUT2D eigenvalue weighted by atomic mass is 9.92. The van der Waals surface area contributed by atoms with Crippen molar-refractivity contribution in [2.75, 3.05) is 5.32 Å². The molecule has 5 nitrogen and oxygen atoms in total. The molecule has 1 aromatic carbocycles. The number of rotatable bonds is 4. The number of nitrogens with one attached hydrogen (secondary N) is 1. The van der Waals surface area contributed by atoms with Crippen LogP contribution in [-0.4, -0.2) is 21.7 Å². The van der Waals surface area contributed by atoms with Crippen LogP contribution in [0, 0.1) is 0 Å². The Hall–Kier alpha value is -2.86. The van der Waals surface area contributed by atoms with E-state index in [0.717, 1.165) is 31.2 Å². The Morgan fingerprint density at radius 1 is 1.04 bits per heavy atom. The van der Waals surface area contributed by atoms with E-state index in [1.807, 2.05) is 30.3 Å². The standard InChI is InChI=1S/C20H17N3O2S/c24-18(13-6-2-1-3-7-13)17-14-8-4-5-9-16(14)26-20(17)23-19(25)15-12-21-10-11-22-15/h1-3,6-7,10-12H,4-5,8-9H2,(H,23,25). The van der Waals surface area contributed by atoms with Crippen molar-refractivity contribution >= 4 is 28.0 Å². The first kappa shape index (κ1) is 16.6. The summed E-state index contributed by atoms with van der Waals surface area (Å²) >= 11 is 1.51. The van der Waals surface area contributed by atoms with Crippen LogP contribution in [0.5, 0.6) is 0 Å². The summed E-state index contributed by atoms with van der Waals surface area (Å²) in [5.41, 5.74) is 2.59. The molecule has 0 saturated heterocycles. The average Bonchev–Trinajstić information content (AvgIpc) is 3.06. The van der Waals surface area contributed by atoms with Gasteiger partial charge in [-0.2, -0.15) is 0 Å². The van der Waals surface area contributed by atoms with E-state index in [-0.39, 0.29) is 17.4 Å². The highest BCUT2D eigenvalue weighted by Gasteiger charge is 2.27. The largest absolute Gasteiger partial charge is 0.312 e. The van der Waals surface area contributed by atoms with Crippen LogP contribution in [0.25, 0.3) is 0 Å². The van der Waals surface area contributed by atoms with Gasteiger partial charge in [0.25, 0.3) is 5.91 Å². The van der Waals surface area contributed by atoms with E-state index in [2.05, 4.69) is 15.3 Å². The molecule has 2 aromatic heterocycles. The molecule has 130 valence electrons. The zero-order valence-corrected chi connectivity index (χ0v) is 14.9. The van der Waals surface area contributed by atoms with E-state index in [1.54, 1.807) is 0 Å². The molecule has 0 spiro atoms. The number of hydrogen-bond donors (Lipinski definition) is 1. The summed E-state index contributed by atoms with van der Waals surface area (Å²) in [6.07, 6.45) is 8.42. The molecule has 0 radical (unpaired) electrons. The second kappa shape index (κ2) is 7.17. The van der Waals surface area contributed by atoms with Crippen molar-refractivity contribution in [1.82, 2.24) is 9.97 Å². The fraction of sp³-hybridized carbons (Fsp3) is 0.200. The minimum atomic E-state index is -0.348. The van der Waals surface area contributed by atoms with Crippen molar-refractivity contribution in [3.05, 3.63) is 76.2 Å². The molecule has 0 atom stereocenters. The van der Waals surface area contributed by atoms with Crippen LogP contribution < -0.4 is 5.32 Å². The second-order valence-corrected chi connectivity index (χ2v) is 7.26. The topological polar surface area (TPSA) is 72.0 Å². The summed E-state index contributed by atoms with van der Waals surface area (Å²) in [5, 5.41) is 3.50. The Labute approximate surface area is 155 Å². The number of ketones is 1. The fourth-order valence-corrected chi connectivity index (χ4v) is 4.49. The number of carbonyl (C=O) groups is 2. The highest BCUT2D eigenvalue weighted by atomic mass is 32.1. The van der Waals surface area contributed by atoms with E-state index in [1.165, 1.54) is 34.8 Å². The molecule has 1 aliphatic carbocycles. The zero-order valence-electron chi connectivity index (χ0n) is 14.1. The van der Waals surface area contributed by atoms with Crippen LogP contribution in [0.2, 0.25) is 0 Å². The zero-order chi connectivity index (χ0) is 17.9. The van der Waals surface area contributed by atoms with Gasteiger partial charge in [0.1, 0.15) is 10.7 Å². The van der Waals surface area contributed by atoms with Gasteiger partial charge in [-0.25, -0.2) is 4.98 Å². The van der Waals surface area contributed by atoms with Crippen LogP contribution in [0.3, 0.4) is 0 Å². The lowest BCUT2D eigenvalue weighted by Gasteiger charge is -2.12. The third-order valence-corrected chi connectivity index (χ3v) is 5.66. The van der Waals surface area contributed by atoms with E-state index in [0.29, 0.717) is 16.1 Å². The minimum Gasteiger partial charge on any atom is -0.312 e. The Morgan fingerprint density at radius 2 is 1.85 bits per heavy atom. The number of hydrogen-bond acceptors (Lipinski definition) is 5. The molecule has 6 heteroatoms. The number of carbonyl (C=O) groups excluding carboxylic acids is 2. The summed E-state index contributed by atoms with van der Waals surface area (Å²) in [6, 6.07) is 9.21. The molecule has 3 aromatic rings. The maximum atomic E-state index is 13.1. The Balaban J connectivity index is 1.74. The maximum Gasteiger partial charge on any atom is 0.276 e. The van der Waals surface area contributed by atoms with Gasteiger partial charge in [0, 0.05) is 22.8 Å². The quantitative estimate of drug-likeness (QED) is 0.714. The van der Waals surface area contributed by atoms with E-state index >= 15 is 0 Å². The molecule has 2 heterocycles. The minimum absolute atomic E-state index is 0.0422. The van der Waals surface area contributed by atoms with Gasteiger partial charge in [-0.1, -0.05) is 30.3 Å². The van der Waals surface area contributed by atoms with E-state index < -0.39 is 0 Å². The number of nitrogens with zero attached hydrogens (tertiary/aromatic N) is 2. The molecule has 0 fully saturated rings.